The molecule has 2 aliphatic rings. The topological polar surface area (TPSA) is 236 Å². The molecule has 5 rings (SSSR count). The van der Waals surface area contributed by atoms with Crippen LogP contribution in [0.25, 0.3) is 11.0 Å². The highest BCUT2D eigenvalue weighted by atomic mass is 31.2. The lowest BCUT2D eigenvalue weighted by Crippen LogP contribution is -2.44. The zero-order chi connectivity index (χ0) is 27.1. The van der Waals surface area contributed by atoms with Gasteiger partial charge in [-0.1, -0.05) is 5.21 Å². The fourth-order valence-electron chi connectivity index (χ4n) is 4.53. The van der Waals surface area contributed by atoms with Crippen LogP contribution in [0.4, 0.5) is 5.82 Å². The number of ether oxygens (including phenoxy) is 3. The summed E-state index contributed by atoms with van der Waals surface area (Å²) in [4.78, 5) is 29.2. The van der Waals surface area contributed by atoms with Crippen molar-refractivity contribution in [3.63, 3.8) is 0 Å². The van der Waals surface area contributed by atoms with Crippen molar-refractivity contribution in [2.75, 3.05) is 25.6 Å². The van der Waals surface area contributed by atoms with Crippen LogP contribution < -0.4 is 5.32 Å². The van der Waals surface area contributed by atoms with Gasteiger partial charge in [0.1, 0.15) is 30.0 Å². The third-order valence-electron chi connectivity index (χ3n) is 6.83. The van der Waals surface area contributed by atoms with Crippen LogP contribution in [0, 0.1) is 6.92 Å². The van der Waals surface area contributed by atoms with Gasteiger partial charge in [0, 0.05) is 13.2 Å². The van der Waals surface area contributed by atoms with Crippen molar-refractivity contribution in [2.45, 2.75) is 68.5 Å². The standard InChI is InChI=1S/C20H30N9O8P/c1-10-22-17(24-11-4-3-5-11)12-7-21-29(18(12)23-10)19-16(31)15(30)13(37-19)8-36-20(9-35-2,38(32,33)34)6-14-25-27-28-26-14/h7,11,13,15-16,19,30-31H,3-6,8-9H2,1-2H3,(H,22,23,24)(H2,32,33,34)(H,25,26,27,28)/t13-,15-,16-,19-,20-/m1/s1. The molecule has 2 fully saturated rings. The van der Waals surface area contributed by atoms with Gasteiger partial charge in [-0.2, -0.15) is 10.3 Å². The van der Waals surface area contributed by atoms with Gasteiger partial charge in [-0.3, -0.25) is 4.57 Å². The molecule has 208 valence electrons. The van der Waals surface area contributed by atoms with E-state index >= 15 is 0 Å². The van der Waals surface area contributed by atoms with Crippen LogP contribution >= 0.6 is 7.60 Å². The Hall–Kier alpha value is -2.63. The molecule has 17 nitrogen and oxygen atoms in total. The molecule has 0 amide bonds. The molecule has 0 radical (unpaired) electrons. The summed E-state index contributed by atoms with van der Waals surface area (Å²) in [6.07, 6.45) is -0.852. The van der Waals surface area contributed by atoms with Crippen molar-refractivity contribution in [1.29, 1.82) is 0 Å². The van der Waals surface area contributed by atoms with E-state index in [9.17, 15) is 24.6 Å². The van der Waals surface area contributed by atoms with Crippen LogP contribution in [0.3, 0.4) is 0 Å². The second-order valence-electron chi connectivity index (χ2n) is 9.50. The molecule has 1 saturated heterocycles. The Balaban J connectivity index is 1.37. The number of hydrogen-bond donors (Lipinski definition) is 6. The largest absolute Gasteiger partial charge is 0.387 e. The molecular weight excluding hydrogens is 525 g/mol. The lowest BCUT2D eigenvalue weighted by atomic mass is 9.93. The van der Waals surface area contributed by atoms with E-state index in [1.165, 1.54) is 11.8 Å². The first-order chi connectivity index (χ1) is 18.1. The maximum absolute atomic E-state index is 12.5. The second kappa shape index (κ2) is 10.5. The minimum atomic E-state index is -4.98. The Morgan fingerprint density at radius 3 is 2.71 bits per heavy atom. The van der Waals surface area contributed by atoms with E-state index < -0.39 is 57.1 Å². The first kappa shape index (κ1) is 27.0. The minimum Gasteiger partial charge on any atom is -0.387 e. The number of aliphatic hydroxyl groups is 2. The smallest absolute Gasteiger partial charge is 0.359 e. The van der Waals surface area contributed by atoms with Crippen molar-refractivity contribution in [2.24, 2.45) is 0 Å². The number of nitrogens with one attached hydrogen (secondary N) is 2. The molecule has 0 spiro atoms. The summed E-state index contributed by atoms with van der Waals surface area (Å²) < 4.78 is 30.5. The van der Waals surface area contributed by atoms with Crippen LogP contribution in [0.15, 0.2) is 6.20 Å². The van der Waals surface area contributed by atoms with Gasteiger partial charge in [-0.15, -0.1) is 10.2 Å². The molecule has 6 N–H and O–H groups in total. The number of fused-ring (bicyclic) bond motifs is 1. The maximum Gasteiger partial charge on any atom is 0.359 e. The van der Waals surface area contributed by atoms with Crippen LogP contribution in [0.2, 0.25) is 0 Å². The summed E-state index contributed by atoms with van der Waals surface area (Å²) in [5.74, 6) is 1.10. The van der Waals surface area contributed by atoms with Crippen LogP contribution in [0.1, 0.15) is 37.1 Å². The van der Waals surface area contributed by atoms with E-state index in [0.717, 1.165) is 19.3 Å². The number of nitrogens with zero attached hydrogens (tertiary/aromatic N) is 7. The molecule has 3 aromatic heterocycles. The maximum atomic E-state index is 12.5. The number of aromatic nitrogens is 8. The highest BCUT2D eigenvalue weighted by Crippen LogP contribution is 2.53. The van der Waals surface area contributed by atoms with Crippen molar-refractivity contribution in [3.05, 3.63) is 17.8 Å². The highest BCUT2D eigenvalue weighted by Gasteiger charge is 2.52. The number of aliphatic hydroxyl groups excluding tert-OH is 2. The molecule has 0 aromatic carbocycles. The van der Waals surface area contributed by atoms with Crippen molar-refractivity contribution in [3.8, 4) is 0 Å². The predicted molar refractivity (Wildman–Crippen MR) is 128 cm³/mol. The number of aromatic amines is 1. The molecule has 38 heavy (non-hydrogen) atoms. The Labute approximate surface area is 216 Å². The monoisotopic (exact) mass is 555 g/mol. The molecule has 0 unspecified atom stereocenters. The van der Waals surface area contributed by atoms with Gasteiger partial charge in [-0.25, -0.2) is 14.6 Å². The first-order valence-corrected chi connectivity index (χ1v) is 13.6. The summed E-state index contributed by atoms with van der Waals surface area (Å²) in [5, 5.41) is 40.9. The number of aryl methyl sites for hydroxylation is 1. The third-order valence-corrected chi connectivity index (χ3v) is 8.31. The average molecular weight is 555 g/mol. The average Bonchev–Trinajstić information content (AvgIpc) is 3.55. The summed E-state index contributed by atoms with van der Waals surface area (Å²) in [6.45, 7) is 0.724. The lowest BCUT2D eigenvalue weighted by Gasteiger charge is -2.33. The van der Waals surface area contributed by atoms with Gasteiger partial charge < -0.3 is 39.5 Å². The number of methoxy groups -OCH3 is 1. The molecule has 5 atom stereocenters. The molecule has 3 aromatic rings. The number of anilines is 1. The fourth-order valence-corrected chi connectivity index (χ4v) is 5.42. The molecule has 0 bridgehead atoms. The number of hydrogen-bond acceptors (Lipinski definition) is 13. The van der Waals surface area contributed by atoms with Crippen LogP contribution in [0.5, 0.6) is 0 Å². The minimum absolute atomic E-state index is 0.0134. The van der Waals surface area contributed by atoms with E-state index in [1.807, 2.05) is 0 Å². The van der Waals surface area contributed by atoms with Gasteiger partial charge in [0.2, 0.25) is 0 Å². The van der Waals surface area contributed by atoms with Gasteiger partial charge in [0.15, 0.2) is 23.0 Å². The molecule has 1 aliphatic heterocycles. The zero-order valence-corrected chi connectivity index (χ0v) is 21.6. The van der Waals surface area contributed by atoms with Crippen molar-refractivity contribution >= 4 is 24.4 Å². The number of H-pyrrole nitrogens is 1. The number of rotatable bonds is 11. The van der Waals surface area contributed by atoms with E-state index in [4.69, 9.17) is 14.2 Å². The van der Waals surface area contributed by atoms with E-state index in [-0.39, 0.29) is 5.82 Å². The molecule has 1 aliphatic carbocycles. The third kappa shape index (κ3) is 5.03. The van der Waals surface area contributed by atoms with Gasteiger partial charge >= 0.3 is 7.60 Å². The predicted octanol–water partition coefficient (Wildman–Crippen LogP) is -0.989. The molecule has 4 heterocycles. The Kier molecular flexibility index (Phi) is 7.45. The second-order valence-corrected chi connectivity index (χ2v) is 11.4. The first-order valence-electron chi connectivity index (χ1n) is 12.0. The number of tetrazole rings is 1. The van der Waals surface area contributed by atoms with Gasteiger partial charge in [0.25, 0.3) is 0 Å². The van der Waals surface area contributed by atoms with Gasteiger partial charge in [-0.05, 0) is 26.2 Å². The normalized spacial score (nSPS) is 25.9. The fraction of sp³-hybridized carbons (Fsp3) is 0.700. The summed E-state index contributed by atoms with van der Waals surface area (Å²) in [5.41, 5.74) is 0.401. The van der Waals surface area contributed by atoms with Gasteiger partial charge in [0.05, 0.1) is 31.2 Å². The quantitative estimate of drug-likeness (QED) is 0.156. The molecular formula is C20H30N9O8P. The zero-order valence-electron chi connectivity index (χ0n) is 20.7. The lowest BCUT2D eigenvalue weighted by molar-refractivity contribution is -0.113. The van der Waals surface area contributed by atoms with Crippen LogP contribution in [-0.4, -0.2) is 110 Å². The van der Waals surface area contributed by atoms with E-state index in [0.29, 0.717) is 28.7 Å². The molecule has 1 saturated carbocycles. The Morgan fingerprint density at radius 2 is 2.08 bits per heavy atom. The van der Waals surface area contributed by atoms with Crippen molar-refractivity contribution < 1.29 is 38.8 Å². The molecule has 18 heteroatoms. The Bertz CT molecular complexity index is 1300. The Morgan fingerprint density at radius 1 is 1.29 bits per heavy atom. The van der Waals surface area contributed by atoms with Crippen LogP contribution in [-0.2, 0) is 25.2 Å². The summed E-state index contributed by atoms with van der Waals surface area (Å²) >= 11 is 0. The summed E-state index contributed by atoms with van der Waals surface area (Å²) in [7, 11) is -3.73. The highest BCUT2D eigenvalue weighted by molar-refractivity contribution is 7.53. The SMILES string of the molecule is COC[C@](Cc1nn[nH]n1)(OC[C@H]1O[C@@H](n2ncc3c(NC4CCC4)nc(C)nc32)[C@H](O)[C@@H]1O)P(=O)(O)O. The van der Waals surface area contributed by atoms with E-state index in [1.54, 1.807) is 13.1 Å². The van der Waals surface area contributed by atoms with Crippen molar-refractivity contribution in [1.82, 2.24) is 40.4 Å². The summed E-state index contributed by atoms with van der Waals surface area (Å²) in [6, 6.07) is 0.321. The van der Waals surface area contributed by atoms with E-state index in [2.05, 4.69) is 41.0 Å².